The van der Waals surface area contributed by atoms with Crippen LogP contribution in [0.2, 0.25) is 0 Å². The Morgan fingerprint density at radius 3 is 2.79 bits per heavy atom. The largest absolute Gasteiger partial charge is 0.308 e. The minimum absolute atomic E-state index is 0.136. The van der Waals surface area contributed by atoms with Gasteiger partial charge < -0.3 is 4.98 Å². The van der Waals surface area contributed by atoms with Crippen LogP contribution in [-0.4, -0.2) is 19.7 Å². The Morgan fingerprint density at radius 2 is 2.05 bits per heavy atom. The summed E-state index contributed by atoms with van der Waals surface area (Å²) in [5.74, 6) is 0.569. The molecule has 3 aromatic rings. The number of nitrogens with zero attached hydrogens (tertiary/aromatic N) is 3. The maximum absolute atomic E-state index is 11.9. The molecule has 0 aliphatic rings. The fourth-order valence-electron chi connectivity index (χ4n) is 1.83. The van der Waals surface area contributed by atoms with Gasteiger partial charge in [0.2, 0.25) is 0 Å². The molecule has 0 fully saturated rings. The van der Waals surface area contributed by atoms with Gasteiger partial charge in [-0.25, -0.2) is 9.67 Å². The Balaban J connectivity index is 2.06. The van der Waals surface area contributed by atoms with Crippen molar-refractivity contribution in [2.45, 2.75) is 6.54 Å². The number of aromatic amines is 1. The van der Waals surface area contributed by atoms with Crippen LogP contribution in [0.1, 0.15) is 5.82 Å². The first-order chi connectivity index (χ1) is 9.13. The molecular weight excluding hydrogens is 376 g/mol. The van der Waals surface area contributed by atoms with Gasteiger partial charge in [0, 0.05) is 6.07 Å². The van der Waals surface area contributed by atoms with E-state index in [1.165, 1.54) is 0 Å². The molecule has 0 atom stereocenters. The highest BCUT2D eigenvalue weighted by molar-refractivity contribution is 9.11. The molecule has 1 N–H and O–H groups in total. The van der Waals surface area contributed by atoms with Crippen molar-refractivity contribution in [1.29, 1.82) is 0 Å². The maximum Gasteiger partial charge on any atom is 0.258 e. The van der Waals surface area contributed by atoms with Crippen LogP contribution in [0.3, 0.4) is 0 Å². The minimum Gasteiger partial charge on any atom is -0.308 e. The Kier molecular flexibility index (Phi) is 3.24. The number of aromatic nitrogens is 4. The highest BCUT2D eigenvalue weighted by Gasteiger charge is 2.07. The summed E-state index contributed by atoms with van der Waals surface area (Å²) in [5, 5.41) is 4.83. The van der Waals surface area contributed by atoms with Gasteiger partial charge in [-0.05, 0) is 44.0 Å². The second-order valence-electron chi connectivity index (χ2n) is 3.98. The molecule has 1 aromatic carbocycles. The second kappa shape index (κ2) is 4.90. The Bertz CT molecular complexity index is 809. The lowest BCUT2D eigenvalue weighted by molar-refractivity contribution is 0.639. The van der Waals surface area contributed by atoms with Gasteiger partial charge in [-0.2, -0.15) is 5.10 Å². The molecule has 0 bridgehead atoms. The predicted molar refractivity (Wildman–Crippen MR) is 79.1 cm³/mol. The van der Waals surface area contributed by atoms with Gasteiger partial charge >= 0.3 is 0 Å². The van der Waals surface area contributed by atoms with E-state index in [9.17, 15) is 4.79 Å². The molecule has 96 valence electrons. The molecule has 19 heavy (non-hydrogen) atoms. The van der Waals surface area contributed by atoms with Crippen LogP contribution in [0.15, 0.2) is 44.3 Å². The molecule has 0 unspecified atom stereocenters. The topological polar surface area (TPSA) is 63.6 Å². The van der Waals surface area contributed by atoms with Crippen LogP contribution >= 0.6 is 31.9 Å². The zero-order chi connectivity index (χ0) is 13.4. The van der Waals surface area contributed by atoms with E-state index in [1.54, 1.807) is 10.7 Å². The number of para-hydroxylation sites is 1. The second-order valence-corrected chi connectivity index (χ2v) is 5.60. The summed E-state index contributed by atoms with van der Waals surface area (Å²) in [6.45, 7) is 0.395. The molecule has 0 amide bonds. The lowest BCUT2D eigenvalue weighted by Gasteiger charge is -2.04. The normalized spacial score (nSPS) is 11.1. The first-order valence-electron chi connectivity index (χ1n) is 5.50. The van der Waals surface area contributed by atoms with Crippen molar-refractivity contribution in [3.8, 4) is 0 Å². The van der Waals surface area contributed by atoms with Crippen molar-refractivity contribution in [3.05, 3.63) is 55.7 Å². The highest BCUT2D eigenvalue weighted by Crippen LogP contribution is 2.17. The molecule has 0 aliphatic heterocycles. The van der Waals surface area contributed by atoms with Gasteiger partial charge in [0.15, 0.2) is 0 Å². The molecule has 3 rings (SSSR count). The fraction of sp³-hybridized carbons (Fsp3) is 0.0833. The summed E-state index contributed by atoms with van der Waals surface area (Å²) >= 11 is 6.69. The average molecular weight is 384 g/mol. The van der Waals surface area contributed by atoms with Gasteiger partial charge in [-0.15, -0.1) is 0 Å². The molecule has 0 radical (unpaired) electrons. The molecule has 0 spiro atoms. The average Bonchev–Trinajstić information content (AvgIpc) is 2.68. The lowest BCUT2D eigenvalue weighted by Crippen LogP contribution is -2.15. The van der Waals surface area contributed by atoms with Crippen molar-refractivity contribution in [2.75, 3.05) is 0 Å². The summed E-state index contributed by atoms with van der Waals surface area (Å²) in [6, 6.07) is 9.09. The smallest absolute Gasteiger partial charge is 0.258 e. The molecule has 2 aromatic heterocycles. The molecular formula is C12H8Br2N4O. The SMILES string of the molecule is O=c1[nH]c(Cn2nc(Br)cc2Br)nc2ccccc12. The van der Waals surface area contributed by atoms with Crippen molar-refractivity contribution >= 4 is 42.8 Å². The Labute approximate surface area is 124 Å². The number of halogens is 2. The Morgan fingerprint density at radius 1 is 1.26 bits per heavy atom. The fourth-order valence-corrected chi connectivity index (χ4v) is 2.96. The molecule has 7 heteroatoms. The third kappa shape index (κ3) is 2.48. The van der Waals surface area contributed by atoms with E-state index in [1.807, 2.05) is 24.3 Å². The number of H-pyrrole nitrogens is 1. The van der Waals surface area contributed by atoms with Gasteiger partial charge in [0.1, 0.15) is 21.6 Å². The quantitative estimate of drug-likeness (QED) is 0.739. The zero-order valence-corrected chi connectivity index (χ0v) is 12.8. The minimum atomic E-state index is -0.136. The maximum atomic E-state index is 11.9. The summed E-state index contributed by atoms with van der Waals surface area (Å²) in [5.41, 5.74) is 0.548. The van der Waals surface area contributed by atoms with Crippen molar-refractivity contribution < 1.29 is 0 Å². The van der Waals surface area contributed by atoms with Crippen LogP contribution < -0.4 is 5.56 Å². The van der Waals surface area contributed by atoms with E-state index in [0.717, 1.165) is 9.21 Å². The first kappa shape index (κ1) is 12.6. The number of fused-ring (bicyclic) bond motifs is 1. The van der Waals surface area contributed by atoms with Crippen molar-refractivity contribution in [2.24, 2.45) is 0 Å². The molecule has 0 saturated carbocycles. The number of hydrogen-bond donors (Lipinski definition) is 1. The van der Waals surface area contributed by atoms with Crippen LogP contribution in [0.4, 0.5) is 0 Å². The van der Waals surface area contributed by atoms with Gasteiger partial charge in [0.05, 0.1) is 10.9 Å². The van der Waals surface area contributed by atoms with Gasteiger partial charge in [-0.1, -0.05) is 12.1 Å². The number of rotatable bonds is 2. The highest BCUT2D eigenvalue weighted by atomic mass is 79.9. The van der Waals surface area contributed by atoms with Crippen LogP contribution in [0, 0.1) is 0 Å². The van der Waals surface area contributed by atoms with Crippen LogP contribution in [-0.2, 0) is 6.54 Å². The summed E-state index contributed by atoms with van der Waals surface area (Å²) < 4.78 is 3.25. The summed E-state index contributed by atoms with van der Waals surface area (Å²) in [6.07, 6.45) is 0. The summed E-state index contributed by atoms with van der Waals surface area (Å²) in [7, 11) is 0. The Hall–Kier alpha value is -1.47. The molecule has 0 saturated heterocycles. The van der Waals surface area contributed by atoms with Crippen molar-refractivity contribution in [1.82, 2.24) is 19.7 Å². The molecule has 0 aliphatic carbocycles. The predicted octanol–water partition coefficient (Wildman–Crippen LogP) is 2.69. The third-order valence-electron chi connectivity index (χ3n) is 2.66. The first-order valence-corrected chi connectivity index (χ1v) is 7.09. The van der Waals surface area contributed by atoms with Gasteiger partial charge in [-0.3, -0.25) is 4.79 Å². The van der Waals surface area contributed by atoms with E-state index in [-0.39, 0.29) is 5.56 Å². The number of hydrogen-bond acceptors (Lipinski definition) is 3. The number of nitrogens with one attached hydrogen (secondary N) is 1. The van der Waals surface area contributed by atoms with Gasteiger partial charge in [0.25, 0.3) is 5.56 Å². The molecule has 2 heterocycles. The third-order valence-corrected chi connectivity index (χ3v) is 3.69. The van der Waals surface area contributed by atoms with Crippen LogP contribution in [0.5, 0.6) is 0 Å². The zero-order valence-electron chi connectivity index (χ0n) is 9.60. The van der Waals surface area contributed by atoms with E-state index >= 15 is 0 Å². The monoisotopic (exact) mass is 382 g/mol. The van der Waals surface area contributed by atoms with E-state index in [2.05, 4.69) is 46.9 Å². The van der Waals surface area contributed by atoms with Crippen molar-refractivity contribution in [3.63, 3.8) is 0 Å². The van der Waals surface area contributed by atoms with E-state index in [0.29, 0.717) is 23.3 Å². The summed E-state index contributed by atoms with van der Waals surface area (Å²) in [4.78, 5) is 19.1. The van der Waals surface area contributed by atoms with E-state index < -0.39 is 0 Å². The standard InChI is InChI=1S/C12H8Br2N4O/c13-9-5-10(14)18(17-9)6-11-15-8-4-2-1-3-7(8)12(19)16-11/h1-5H,6H2,(H,15,16,19). The van der Waals surface area contributed by atoms with E-state index in [4.69, 9.17) is 0 Å². The molecule has 5 nitrogen and oxygen atoms in total. The number of benzene rings is 1. The van der Waals surface area contributed by atoms with Crippen LogP contribution in [0.25, 0.3) is 10.9 Å². The lowest BCUT2D eigenvalue weighted by atomic mass is 10.2.